The van der Waals surface area contributed by atoms with Crippen molar-refractivity contribution in [1.82, 2.24) is 20.1 Å². The zero-order valence-corrected chi connectivity index (χ0v) is 14.6. The first-order valence-electron chi connectivity index (χ1n) is 8.08. The molecule has 134 valence electrons. The van der Waals surface area contributed by atoms with E-state index in [9.17, 15) is 14.7 Å². The molecule has 0 aliphatic rings. The third-order valence-corrected chi connectivity index (χ3v) is 3.98. The van der Waals surface area contributed by atoms with Crippen molar-refractivity contribution < 1.29 is 14.7 Å². The SMILES string of the molecule is C[C@H](C(=O)Nc1ncccc1O)[C@@H](C)NC(=O)CCc1cnn(C)c1. The summed E-state index contributed by atoms with van der Waals surface area (Å²) in [5.74, 6) is -0.930. The number of hydrogen-bond acceptors (Lipinski definition) is 5. The highest BCUT2D eigenvalue weighted by Crippen LogP contribution is 2.19. The lowest BCUT2D eigenvalue weighted by molar-refractivity contribution is -0.123. The maximum atomic E-state index is 12.2. The lowest BCUT2D eigenvalue weighted by Crippen LogP contribution is -2.42. The maximum absolute atomic E-state index is 12.2. The van der Waals surface area contributed by atoms with Crippen LogP contribution in [0.15, 0.2) is 30.7 Å². The van der Waals surface area contributed by atoms with Crippen LogP contribution in [-0.2, 0) is 23.1 Å². The van der Waals surface area contributed by atoms with Gasteiger partial charge in [-0.05, 0) is 31.0 Å². The molecule has 25 heavy (non-hydrogen) atoms. The van der Waals surface area contributed by atoms with Crippen LogP contribution >= 0.6 is 0 Å². The number of pyridine rings is 1. The first kappa shape index (κ1) is 18.4. The second kappa shape index (κ2) is 8.27. The van der Waals surface area contributed by atoms with Gasteiger partial charge in [-0.2, -0.15) is 5.10 Å². The molecule has 0 bridgehead atoms. The molecule has 0 radical (unpaired) electrons. The molecule has 2 rings (SSSR count). The summed E-state index contributed by atoms with van der Waals surface area (Å²) in [6, 6.07) is 2.66. The molecule has 0 spiro atoms. The fraction of sp³-hybridized carbons (Fsp3) is 0.412. The van der Waals surface area contributed by atoms with E-state index in [0.717, 1.165) is 5.56 Å². The maximum Gasteiger partial charge on any atom is 0.230 e. The number of carbonyl (C=O) groups is 2. The number of nitrogens with zero attached hydrogens (tertiary/aromatic N) is 3. The van der Waals surface area contributed by atoms with Crippen LogP contribution in [0.1, 0.15) is 25.8 Å². The average molecular weight is 345 g/mol. The molecule has 2 heterocycles. The molecule has 0 saturated carbocycles. The van der Waals surface area contributed by atoms with Crippen molar-refractivity contribution in [3.05, 3.63) is 36.3 Å². The van der Waals surface area contributed by atoms with Gasteiger partial charge in [0.2, 0.25) is 11.8 Å². The highest BCUT2D eigenvalue weighted by atomic mass is 16.3. The minimum atomic E-state index is -0.483. The number of aryl methyl sites for hydroxylation is 2. The van der Waals surface area contributed by atoms with Crippen molar-refractivity contribution >= 4 is 17.6 Å². The number of aromatic hydroxyl groups is 1. The van der Waals surface area contributed by atoms with Crippen LogP contribution in [0, 0.1) is 5.92 Å². The first-order valence-corrected chi connectivity index (χ1v) is 8.08. The summed E-state index contributed by atoms with van der Waals surface area (Å²) in [4.78, 5) is 28.2. The molecule has 2 amide bonds. The molecule has 0 fully saturated rings. The van der Waals surface area contributed by atoms with Crippen LogP contribution in [0.4, 0.5) is 5.82 Å². The largest absolute Gasteiger partial charge is 0.504 e. The van der Waals surface area contributed by atoms with Crippen LogP contribution in [0.5, 0.6) is 5.75 Å². The standard InChI is InChI=1S/C17H23N5O3/c1-11(17(25)21-16-14(23)5-4-8-18-16)12(2)20-15(24)7-6-13-9-19-22(3)10-13/h4-5,8-12,23H,6-7H2,1-3H3,(H,20,24)(H,18,21,25)/t11-,12+/m0/s1. The molecule has 0 unspecified atom stereocenters. The summed E-state index contributed by atoms with van der Waals surface area (Å²) in [6.45, 7) is 3.48. The van der Waals surface area contributed by atoms with E-state index in [1.165, 1.54) is 12.3 Å². The summed E-state index contributed by atoms with van der Waals surface area (Å²) in [5, 5.41) is 19.1. The Balaban J connectivity index is 1.82. The molecule has 2 aromatic heterocycles. The van der Waals surface area contributed by atoms with Gasteiger partial charge in [0.05, 0.1) is 12.1 Å². The van der Waals surface area contributed by atoms with Gasteiger partial charge in [0.15, 0.2) is 11.6 Å². The average Bonchev–Trinajstić information content (AvgIpc) is 2.99. The minimum absolute atomic E-state index is 0.101. The van der Waals surface area contributed by atoms with E-state index in [-0.39, 0.29) is 29.4 Å². The number of rotatable bonds is 7. The first-order chi connectivity index (χ1) is 11.9. The predicted octanol–water partition coefficient (Wildman–Crippen LogP) is 1.23. The molecular formula is C17H23N5O3. The normalized spacial score (nSPS) is 13.1. The van der Waals surface area contributed by atoms with Gasteiger partial charge in [-0.3, -0.25) is 14.3 Å². The Morgan fingerprint density at radius 2 is 2.12 bits per heavy atom. The van der Waals surface area contributed by atoms with Gasteiger partial charge in [0.1, 0.15) is 0 Å². The van der Waals surface area contributed by atoms with Gasteiger partial charge in [-0.1, -0.05) is 6.92 Å². The summed E-state index contributed by atoms with van der Waals surface area (Å²) in [7, 11) is 1.82. The van der Waals surface area contributed by atoms with Crippen molar-refractivity contribution in [2.24, 2.45) is 13.0 Å². The molecule has 2 aromatic rings. The van der Waals surface area contributed by atoms with Crippen molar-refractivity contribution in [1.29, 1.82) is 0 Å². The van der Waals surface area contributed by atoms with E-state index in [1.807, 2.05) is 13.2 Å². The Labute approximate surface area is 146 Å². The van der Waals surface area contributed by atoms with Crippen LogP contribution in [0.3, 0.4) is 0 Å². The van der Waals surface area contributed by atoms with Crippen LogP contribution in [-0.4, -0.2) is 37.7 Å². The van der Waals surface area contributed by atoms with Crippen LogP contribution in [0.2, 0.25) is 0 Å². The lowest BCUT2D eigenvalue weighted by atomic mass is 10.0. The van der Waals surface area contributed by atoms with E-state index in [1.54, 1.807) is 30.8 Å². The van der Waals surface area contributed by atoms with Gasteiger partial charge in [-0.25, -0.2) is 4.98 Å². The van der Waals surface area contributed by atoms with Gasteiger partial charge < -0.3 is 15.7 Å². The van der Waals surface area contributed by atoms with Gasteiger partial charge in [0.25, 0.3) is 0 Å². The molecule has 0 aliphatic carbocycles. The Bertz CT molecular complexity index is 743. The number of hydrogen-bond donors (Lipinski definition) is 3. The van der Waals surface area contributed by atoms with Gasteiger partial charge in [0, 0.05) is 31.9 Å². The molecule has 0 saturated heterocycles. The number of anilines is 1. The number of nitrogens with one attached hydrogen (secondary N) is 2. The van der Waals surface area contributed by atoms with Crippen molar-refractivity contribution in [3.63, 3.8) is 0 Å². The third kappa shape index (κ3) is 5.30. The summed E-state index contributed by atoms with van der Waals surface area (Å²) in [6.07, 6.45) is 5.99. The highest BCUT2D eigenvalue weighted by molar-refractivity contribution is 5.93. The second-order valence-electron chi connectivity index (χ2n) is 6.03. The highest BCUT2D eigenvalue weighted by Gasteiger charge is 2.22. The number of carbonyl (C=O) groups excluding carboxylic acids is 2. The van der Waals surface area contributed by atoms with E-state index < -0.39 is 5.92 Å². The number of amides is 2. The monoisotopic (exact) mass is 345 g/mol. The number of aromatic nitrogens is 3. The van der Waals surface area contributed by atoms with E-state index >= 15 is 0 Å². The van der Waals surface area contributed by atoms with E-state index in [4.69, 9.17) is 0 Å². The quantitative estimate of drug-likeness (QED) is 0.699. The minimum Gasteiger partial charge on any atom is -0.504 e. The van der Waals surface area contributed by atoms with Crippen LogP contribution in [0.25, 0.3) is 0 Å². The molecular weight excluding hydrogens is 322 g/mol. The molecule has 0 aliphatic heterocycles. The molecule has 3 N–H and O–H groups in total. The summed E-state index contributed by atoms with van der Waals surface area (Å²) >= 11 is 0. The van der Waals surface area contributed by atoms with Crippen LogP contribution < -0.4 is 10.6 Å². The zero-order valence-electron chi connectivity index (χ0n) is 14.6. The third-order valence-electron chi connectivity index (χ3n) is 3.98. The van der Waals surface area contributed by atoms with Crippen molar-refractivity contribution in [2.45, 2.75) is 32.7 Å². The fourth-order valence-corrected chi connectivity index (χ4v) is 2.26. The molecule has 0 aromatic carbocycles. The Kier molecular flexibility index (Phi) is 6.10. The van der Waals surface area contributed by atoms with E-state index in [0.29, 0.717) is 12.8 Å². The van der Waals surface area contributed by atoms with Gasteiger partial charge >= 0.3 is 0 Å². The second-order valence-corrected chi connectivity index (χ2v) is 6.03. The lowest BCUT2D eigenvalue weighted by Gasteiger charge is -2.20. The Hall–Kier alpha value is -2.90. The Morgan fingerprint density at radius 3 is 2.76 bits per heavy atom. The van der Waals surface area contributed by atoms with Crippen molar-refractivity contribution in [2.75, 3.05) is 5.32 Å². The van der Waals surface area contributed by atoms with Gasteiger partial charge in [-0.15, -0.1) is 0 Å². The Morgan fingerprint density at radius 1 is 1.36 bits per heavy atom. The predicted molar refractivity (Wildman–Crippen MR) is 92.8 cm³/mol. The zero-order chi connectivity index (χ0) is 18.4. The molecule has 2 atom stereocenters. The summed E-state index contributed by atoms with van der Waals surface area (Å²) < 4.78 is 1.69. The fourth-order valence-electron chi connectivity index (χ4n) is 2.26. The summed E-state index contributed by atoms with van der Waals surface area (Å²) in [5.41, 5.74) is 0.988. The van der Waals surface area contributed by atoms with E-state index in [2.05, 4.69) is 20.7 Å². The molecule has 8 heteroatoms. The molecule has 8 nitrogen and oxygen atoms in total. The smallest absolute Gasteiger partial charge is 0.230 e. The van der Waals surface area contributed by atoms with Crippen molar-refractivity contribution in [3.8, 4) is 5.75 Å². The topological polar surface area (TPSA) is 109 Å².